The van der Waals surface area contributed by atoms with Crippen LogP contribution in [0.4, 0.5) is 14.9 Å². The van der Waals surface area contributed by atoms with E-state index in [1.807, 2.05) is 24.3 Å². The average Bonchev–Trinajstić information content (AvgIpc) is 3.06. The van der Waals surface area contributed by atoms with Crippen molar-refractivity contribution in [2.24, 2.45) is 0 Å². The number of nitrogens with zero attached hydrogens (tertiary/aromatic N) is 1. The van der Waals surface area contributed by atoms with Crippen LogP contribution in [0.5, 0.6) is 0 Å². The molecule has 1 aliphatic rings. The van der Waals surface area contributed by atoms with Gasteiger partial charge in [0.2, 0.25) is 5.91 Å². The summed E-state index contributed by atoms with van der Waals surface area (Å²) in [5.74, 6) is -2.51. The largest absolute Gasteiger partial charge is 0.461 e. The normalized spacial score (nSPS) is 14.7. The highest BCUT2D eigenvalue weighted by molar-refractivity contribution is 5.99. The molecule has 3 N–H and O–H groups in total. The summed E-state index contributed by atoms with van der Waals surface area (Å²) in [7, 11) is 1.74. The highest BCUT2D eigenvalue weighted by Crippen LogP contribution is 2.30. The summed E-state index contributed by atoms with van der Waals surface area (Å²) in [5.41, 5.74) is 6.19. The molecule has 0 saturated heterocycles. The van der Waals surface area contributed by atoms with Crippen molar-refractivity contribution in [3.63, 3.8) is 0 Å². The molecule has 0 bridgehead atoms. The lowest BCUT2D eigenvalue weighted by Gasteiger charge is -2.34. The number of fused-ring (bicyclic) bond motifs is 1. The van der Waals surface area contributed by atoms with E-state index in [9.17, 15) is 23.6 Å². The van der Waals surface area contributed by atoms with Gasteiger partial charge in [-0.2, -0.15) is 0 Å². The Morgan fingerprint density at radius 1 is 0.848 bits per heavy atom. The predicted molar refractivity (Wildman–Crippen MR) is 168 cm³/mol. The second kappa shape index (κ2) is 15.0. The number of carbonyl (C=O) groups is 4. The van der Waals surface area contributed by atoms with Crippen molar-refractivity contribution in [2.45, 2.75) is 38.1 Å². The van der Waals surface area contributed by atoms with E-state index in [4.69, 9.17) is 9.47 Å². The van der Waals surface area contributed by atoms with Crippen LogP contribution in [0.25, 0.3) is 0 Å². The van der Waals surface area contributed by atoms with Gasteiger partial charge in [0.25, 0.3) is 5.91 Å². The smallest absolute Gasteiger partial charge is 0.408 e. The minimum atomic E-state index is -1.43. The van der Waals surface area contributed by atoms with E-state index >= 15 is 0 Å². The summed E-state index contributed by atoms with van der Waals surface area (Å²) < 4.78 is 25.6. The zero-order chi connectivity index (χ0) is 32.5. The number of anilines is 1. The van der Waals surface area contributed by atoms with Crippen molar-refractivity contribution in [1.29, 1.82) is 0 Å². The molecule has 4 aromatic rings. The fourth-order valence-corrected chi connectivity index (χ4v) is 5.07. The topological polar surface area (TPSA) is 126 Å². The molecule has 236 valence electrons. The molecule has 1 heterocycles. The van der Waals surface area contributed by atoms with E-state index in [1.165, 1.54) is 12.1 Å². The summed E-state index contributed by atoms with van der Waals surface area (Å²) in [4.78, 5) is 51.3. The first-order valence-corrected chi connectivity index (χ1v) is 14.7. The van der Waals surface area contributed by atoms with Gasteiger partial charge in [-0.25, -0.2) is 14.2 Å². The lowest BCUT2D eigenvalue weighted by atomic mass is 9.92. The number of benzene rings is 4. The summed E-state index contributed by atoms with van der Waals surface area (Å²) in [6.07, 6.45) is -1.07. The number of halogens is 1. The van der Waals surface area contributed by atoms with Crippen molar-refractivity contribution < 1.29 is 33.0 Å². The van der Waals surface area contributed by atoms with Crippen LogP contribution in [-0.2, 0) is 38.7 Å². The standard InChI is InChI=1S/C35H33FN4O6/c1-40-31(26-14-8-9-15-27(26)33(42)39-40)19-25-16-17-28(36)29(18-25)37-34(43)30(20-32(41)45-21-23-10-4-2-5-11-23)38-35(44)46-22-24-12-6-3-7-13-24/h2-18,30-31H,19-22H2,1H3,(H,37,43)(H,38,44)(H,39,42)/t30-,31?/m0/s1. The molecule has 5 rings (SSSR count). The second-order valence-corrected chi connectivity index (χ2v) is 10.8. The summed E-state index contributed by atoms with van der Waals surface area (Å²) >= 11 is 0. The van der Waals surface area contributed by atoms with Gasteiger partial charge in [0.1, 0.15) is 25.1 Å². The molecule has 0 saturated carbocycles. The number of nitrogens with one attached hydrogen (secondary N) is 3. The molecule has 3 amide bonds. The fourth-order valence-electron chi connectivity index (χ4n) is 5.07. The molecule has 4 aromatic carbocycles. The van der Waals surface area contributed by atoms with Gasteiger partial charge in [0, 0.05) is 12.6 Å². The Labute approximate surface area is 265 Å². The monoisotopic (exact) mass is 624 g/mol. The van der Waals surface area contributed by atoms with Crippen LogP contribution in [0.3, 0.4) is 0 Å². The van der Waals surface area contributed by atoms with Crippen LogP contribution in [0.1, 0.15) is 45.1 Å². The van der Waals surface area contributed by atoms with E-state index in [2.05, 4.69) is 16.1 Å². The third-order valence-electron chi connectivity index (χ3n) is 7.46. The van der Waals surface area contributed by atoms with Crippen LogP contribution in [0, 0.1) is 5.82 Å². The molecule has 0 aliphatic carbocycles. The Balaban J connectivity index is 1.29. The first-order valence-electron chi connectivity index (χ1n) is 14.7. The van der Waals surface area contributed by atoms with Crippen LogP contribution in [0.2, 0.25) is 0 Å². The predicted octanol–water partition coefficient (Wildman–Crippen LogP) is 5.07. The van der Waals surface area contributed by atoms with E-state index in [-0.39, 0.29) is 30.9 Å². The fraction of sp³-hybridized carbons (Fsp3) is 0.200. The average molecular weight is 625 g/mol. The molecule has 11 heteroatoms. The molecule has 10 nitrogen and oxygen atoms in total. The Morgan fingerprint density at radius 2 is 1.48 bits per heavy atom. The Hall–Kier alpha value is -5.55. The third kappa shape index (κ3) is 8.33. The maximum absolute atomic E-state index is 15.0. The van der Waals surface area contributed by atoms with Crippen molar-refractivity contribution in [3.8, 4) is 0 Å². The van der Waals surface area contributed by atoms with E-state index in [0.717, 1.165) is 16.7 Å². The van der Waals surface area contributed by atoms with Gasteiger partial charge in [0.05, 0.1) is 18.2 Å². The van der Waals surface area contributed by atoms with E-state index in [1.54, 1.807) is 78.8 Å². The Morgan fingerprint density at radius 3 is 2.17 bits per heavy atom. The van der Waals surface area contributed by atoms with Gasteiger partial charge >= 0.3 is 12.1 Å². The molecule has 0 radical (unpaired) electrons. The van der Waals surface area contributed by atoms with Crippen LogP contribution < -0.4 is 16.1 Å². The molecule has 46 heavy (non-hydrogen) atoms. The number of hydrogen-bond donors (Lipinski definition) is 3. The number of carbonyl (C=O) groups excluding carboxylic acids is 4. The number of alkyl carbamates (subject to hydrolysis) is 1. The molecule has 0 fully saturated rings. The summed E-state index contributed by atoms with van der Waals surface area (Å²) in [5, 5.41) is 6.61. The molecular formula is C35H33FN4O6. The Kier molecular flexibility index (Phi) is 10.4. The maximum atomic E-state index is 15.0. The zero-order valence-electron chi connectivity index (χ0n) is 25.1. The number of hydrazine groups is 1. The molecule has 0 spiro atoms. The number of amides is 3. The number of likely N-dealkylation sites (N-methyl/N-ethyl adjacent to an activating group) is 1. The van der Waals surface area contributed by atoms with E-state index in [0.29, 0.717) is 17.5 Å². The van der Waals surface area contributed by atoms with Crippen LogP contribution in [0.15, 0.2) is 103 Å². The highest BCUT2D eigenvalue weighted by Gasteiger charge is 2.30. The van der Waals surface area contributed by atoms with Crippen LogP contribution >= 0.6 is 0 Å². The lowest BCUT2D eigenvalue weighted by Crippen LogP contribution is -2.47. The molecule has 2 atom stereocenters. The zero-order valence-corrected chi connectivity index (χ0v) is 25.1. The first kappa shape index (κ1) is 31.9. The number of rotatable bonds is 11. The Bertz CT molecular complexity index is 1640. The van der Waals surface area contributed by atoms with Crippen molar-refractivity contribution in [1.82, 2.24) is 15.8 Å². The van der Waals surface area contributed by atoms with Crippen molar-refractivity contribution >= 4 is 29.6 Å². The van der Waals surface area contributed by atoms with Gasteiger partial charge < -0.3 is 20.1 Å². The quantitative estimate of drug-likeness (QED) is 0.199. The second-order valence-electron chi connectivity index (χ2n) is 10.8. The minimum Gasteiger partial charge on any atom is -0.461 e. The van der Waals surface area contributed by atoms with Crippen LogP contribution in [-0.4, -0.2) is 42.0 Å². The van der Waals surface area contributed by atoms with Crippen molar-refractivity contribution in [2.75, 3.05) is 12.4 Å². The molecule has 0 aromatic heterocycles. The minimum absolute atomic E-state index is 0.0255. The molecule has 1 aliphatic heterocycles. The number of hydrogen-bond acceptors (Lipinski definition) is 7. The summed E-state index contributed by atoms with van der Waals surface area (Å²) in [6.45, 7) is -0.0856. The number of esters is 1. The lowest BCUT2D eigenvalue weighted by molar-refractivity contribution is -0.146. The molecule has 1 unspecified atom stereocenters. The van der Waals surface area contributed by atoms with E-state index < -0.39 is 36.2 Å². The van der Waals surface area contributed by atoms with Gasteiger partial charge in [-0.3, -0.25) is 19.8 Å². The number of ether oxygens (including phenoxy) is 2. The van der Waals surface area contributed by atoms with Gasteiger partial charge in [-0.05, 0) is 46.9 Å². The van der Waals surface area contributed by atoms with Crippen molar-refractivity contribution in [3.05, 3.63) is 137 Å². The SMILES string of the molecule is CN1NC(=O)c2ccccc2C1Cc1ccc(F)c(NC(=O)[C@H](CC(=O)OCc2ccccc2)NC(=O)OCc2ccccc2)c1. The molecular weight excluding hydrogens is 591 g/mol. The third-order valence-corrected chi connectivity index (χ3v) is 7.46. The highest BCUT2D eigenvalue weighted by atomic mass is 19.1. The maximum Gasteiger partial charge on any atom is 0.408 e. The summed E-state index contributed by atoms with van der Waals surface area (Å²) in [6, 6.07) is 27.8. The van der Waals surface area contributed by atoms with Gasteiger partial charge in [-0.15, -0.1) is 0 Å². The van der Waals surface area contributed by atoms with Gasteiger partial charge in [-0.1, -0.05) is 84.9 Å². The van der Waals surface area contributed by atoms with Gasteiger partial charge in [0.15, 0.2) is 0 Å². The first-order chi connectivity index (χ1) is 22.3.